The van der Waals surface area contributed by atoms with Crippen LogP contribution in [0.25, 0.3) is 0 Å². The molecule has 0 saturated carbocycles. The summed E-state index contributed by atoms with van der Waals surface area (Å²) in [5.41, 5.74) is 11.1. The maximum absolute atomic E-state index is 13.1. The molecule has 2 aromatic rings. The van der Waals surface area contributed by atoms with Crippen LogP contribution in [0.5, 0.6) is 0 Å². The summed E-state index contributed by atoms with van der Waals surface area (Å²) in [5.74, 6) is -0.233. The van der Waals surface area contributed by atoms with Crippen molar-refractivity contribution in [3.63, 3.8) is 0 Å². The third-order valence-electron chi connectivity index (χ3n) is 3.57. The molecule has 1 nitrogen and oxygen atoms in total. The first-order valence-corrected chi connectivity index (χ1v) is 7.50. The number of benzene rings is 2. The summed E-state index contributed by atoms with van der Waals surface area (Å²) in [6.07, 6.45) is 1.55. The van der Waals surface area contributed by atoms with Gasteiger partial charge in [0.2, 0.25) is 0 Å². The average molecular weight is 336 g/mol. The van der Waals surface area contributed by atoms with Crippen LogP contribution in [0.1, 0.15) is 22.3 Å². The molecule has 20 heavy (non-hydrogen) atoms. The second-order valence-electron chi connectivity index (χ2n) is 5.32. The van der Waals surface area contributed by atoms with Crippen molar-refractivity contribution >= 4 is 15.9 Å². The molecule has 2 N–H and O–H groups in total. The van der Waals surface area contributed by atoms with E-state index in [9.17, 15) is 4.39 Å². The SMILES string of the molecule is Cc1ccc(CC(N)Cc2ccc(F)cc2Br)cc1C. The maximum atomic E-state index is 13.1. The second-order valence-corrected chi connectivity index (χ2v) is 6.18. The highest BCUT2D eigenvalue weighted by Gasteiger charge is 2.09. The van der Waals surface area contributed by atoms with E-state index in [-0.39, 0.29) is 11.9 Å². The highest BCUT2D eigenvalue weighted by atomic mass is 79.9. The molecular formula is C17H19BrFN. The quantitative estimate of drug-likeness (QED) is 0.884. The van der Waals surface area contributed by atoms with Gasteiger partial charge in [-0.15, -0.1) is 0 Å². The Hall–Kier alpha value is -1.19. The maximum Gasteiger partial charge on any atom is 0.124 e. The largest absolute Gasteiger partial charge is 0.327 e. The van der Waals surface area contributed by atoms with E-state index in [0.29, 0.717) is 0 Å². The van der Waals surface area contributed by atoms with E-state index in [1.165, 1.54) is 28.8 Å². The van der Waals surface area contributed by atoms with E-state index in [2.05, 4.69) is 48.0 Å². The van der Waals surface area contributed by atoms with Gasteiger partial charge in [0.25, 0.3) is 0 Å². The first kappa shape index (κ1) is 15.2. The molecule has 0 spiro atoms. The Morgan fingerprint density at radius 2 is 1.80 bits per heavy atom. The molecule has 0 radical (unpaired) electrons. The smallest absolute Gasteiger partial charge is 0.124 e. The van der Waals surface area contributed by atoms with Gasteiger partial charge in [0, 0.05) is 10.5 Å². The van der Waals surface area contributed by atoms with Gasteiger partial charge in [-0.05, 0) is 61.1 Å². The van der Waals surface area contributed by atoms with Gasteiger partial charge in [-0.25, -0.2) is 4.39 Å². The number of halogens is 2. The minimum atomic E-state index is -0.233. The zero-order chi connectivity index (χ0) is 14.7. The van der Waals surface area contributed by atoms with E-state index in [1.54, 1.807) is 6.07 Å². The van der Waals surface area contributed by atoms with Crippen molar-refractivity contribution < 1.29 is 4.39 Å². The van der Waals surface area contributed by atoms with Gasteiger partial charge >= 0.3 is 0 Å². The molecule has 3 heteroatoms. The standard InChI is InChI=1S/C17H19BrFN/c1-11-3-4-13(7-12(11)2)8-16(20)9-14-5-6-15(19)10-17(14)18/h3-7,10,16H,8-9,20H2,1-2H3. The molecule has 106 valence electrons. The number of hydrogen-bond donors (Lipinski definition) is 1. The fourth-order valence-electron chi connectivity index (χ4n) is 2.28. The van der Waals surface area contributed by atoms with Gasteiger partial charge < -0.3 is 5.73 Å². The summed E-state index contributed by atoms with van der Waals surface area (Å²) in [5, 5.41) is 0. The van der Waals surface area contributed by atoms with Crippen LogP contribution in [0.3, 0.4) is 0 Å². The van der Waals surface area contributed by atoms with Gasteiger partial charge in [0.15, 0.2) is 0 Å². The van der Waals surface area contributed by atoms with Crippen molar-refractivity contribution in [3.05, 3.63) is 68.9 Å². The monoisotopic (exact) mass is 335 g/mol. The van der Waals surface area contributed by atoms with Gasteiger partial charge in [-0.1, -0.05) is 40.2 Å². The van der Waals surface area contributed by atoms with Crippen LogP contribution >= 0.6 is 15.9 Å². The zero-order valence-electron chi connectivity index (χ0n) is 11.8. The van der Waals surface area contributed by atoms with Crippen molar-refractivity contribution in [1.29, 1.82) is 0 Å². The van der Waals surface area contributed by atoms with Crippen LogP contribution in [0.2, 0.25) is 0 Å². The summed E-state index contributed by atoms with van der Waals surface area (Å²) >= 11 is 3.39. The Labute approximate surface area is 128 Å². The average Bonchev–Trinajstić information content (AvgIpc) is 2.37. The minimum absolute atomic E-state index is 0.0267. The Kier molecular flexibility index (Phi) is 4.95. The minimum Gasteiger partial charge on any atom is -0.327 e. The summed E-state index contributed by atoms with van der Waals surface area (Å²) in [7, 11) is 0. The molecule has 0 aliphatic carbocycles. The van der Waals surface area contributed by atoms with Crippen molar-refractivity contribution in [3.8, 4) is 0 Å². The molecule has 2 rings (SSSR count). The Morgan fingerprint density at radius 1 is 1.05 bits per heavy atom. The van der Waals surface area contributed by atoms with Crippen molar-refractivity contribution in [2.45, 2.75) is 32.7 Å². The number of rotatable bonds is 4. The lowest BCUT2D eigenvalue weighted by atomic mass is 9.97. The van der Waals surface area contributed by atoms with Gasteiger partial charge in [0.05, 0.1) is 0 Å². The molecule has 1 unspecified atom stereocenters. The predicted octanol–water partition coefficient (Wildman–Crippen LogP) is 4.32. The van der Waals surface area contributed by atoms with Crippen molar-refractivity contribution in [2.75, 3.05) is 0 Å². The molecule has 2 aromatic carbocycles. The highest BCUT2D eigenvalue weighted by Crippen LogP contribution is 2.20. The highest BCUT2D eigenvalue weighted by molar-refractivity contribution is 9.10. The number of aryl methyl sites for hydroxylation is 2. The second kappa shape index (κ2) is 6.51. The van der Waals surface area contributed by atoms with Crippen LogP contribution in [0, 0.1) is 19.7 Å². The Morgan fingerprint density at radius 3 is 2.45 bits per heavy atom. The molecule has 0 amide bonds. The topological polar surface area (TPSA) is 26.0 Å². The molecule has 0 saturated heterocycles. The molecule has 0 bridgehead atoms. The van der Waals surface area contributed by atoms with Crippen LogP contribution in [-0.4, -0.2) is 6.04 Å². The third-order valence-corrected chi connectivity index (χ3v) is 4.30. The van der Waals surface area contributed by atoms with E-state index >= 15 is 0 Å². The fraction of sp³-hybridized carbons (Fsp3) is 0.294. The fourth-order valence-corrected chi connectivity index (χ4v) is 2.79. The van der Waals surface area contributed by atoms with Gasteiger partial charge in [-0.2, -0.15) is 0 Å². The third kappa shape index (κ3) is 3.90. The van der Waals surface area contributed by atoms with E-state index < -0.39 is 0 Å². The molecule has 1 atom stereocenters. The molecule has 0 aliphatic rings. The van der Waals surface area contributed by atoms with Crippen molar-refractivity contribution in [2.24, 2.45) is 5.73 Å². The van der Waals surface area contributed by atoms with Crippen LogP contribution < -0.4 is 5.73 Å². The van der Waals surface area contributed by atoms with Gasteiger partial charge in [0.1, 0.15) is 5.82 Å². The summed E-state index contributed by atoms with van der Waals surface area (Å²) in [6.45, 7) is 4.22. The van der Waals surface area contributed by atoms with Crippen LogP contribution in [0.4, 0.5) is 4.39 Å². The lowest BCUT2D eigenvalue weighted by molar-refractivity contribution is 0.622. The summed E-state index contributed by atoms with van der Waals surface area (Å²) in [6, 6.07) is 11.2. The first-order chi connectivity index (χ1) is 9.45. The predicted molar refractivity (Wildman–Crippen MR) is 85.4 cm³/mol. The zero-order valence-corrected chi connectivity index (χ0v) is 13.4. The van der Waals surface area contributed by atoms with Crippen LogP contribution in [-0.2, 0) is 12.8 Å². The van der Waals surface area contributed by atoms with E-state index in [1.807, 2.05) is 0 Å². The first-order valence-electron chi connectivity index (χ1n) is 6.71. The normalized spacial score (nSPS) is 12.4. The lowest BCUT2D eigenvalue weighted by Gasteiger charge is -2.14. The molecule has 0 aromatic heterocycles. The van der Waals surface area contributed by atoms with E-state index in [4.69, 9.17) is 5.73 Å². The lowest BCUT2D eigenvalue weighted by Crippen LogP contribution is -2.25. The van der Waals surface area contributed by atoms with Crippen molar-refractivity contribution in [1.82, 2.24) is 0 Å². The Balaban J connectivity index is 2.04. The Bertz CT molecular complexity index is 610. The van der Waals surface area contributed by atoms with Crippen LogP contribution in [0.15, 0.2) is 40.9 Å². The van der Waals surface area contributed by atoms with Gasteiger partial charge in [-0.3, -0.25) is 0 Å². The number of hydrogen-bond acceptors (Lipinski definition) is 1. The summed E-state index contributed by atoms with van der Waals surface area (Å²) in [4.78, 5) is 0. The molecular weight excluding hydrogens is 317 g/mol. The molecule has 0 heterocycles. The number of nitrogens with two attached hydrogens (primary N) is 1. The molecule has 0 fully saturated rings. The van der Waals surface area contributed by atoms with E-state index in [0.717, 1.165) is 22.9 Å². The summed E-state index contributed by atoms with van der Waals surface area (Å²) < 4.78 is 13.8. The molecule has 0 aliphatic heterocycles.